The van der Waals surface area contributed by atoms with Crippen molar-refractivity contribution in [1.82, 2.24) is 9.88 Å². The maximum atomic E-state index is 12.7. The number of nitrogens with zero attached hydrogens (tertiary/aromatic N) is 2. The van der Waals surface area contributed by atoms with E-state index < -0.39 is 11.6 Å². The SMILES string of the molecule is O=C(O)Oc1cn(C2CC2)c2c(Cl)c(N3CC4CCNC4C3)ccc2c1=O. The lowest BCUT2D eigenvalue weighted by molar-refractivity contribution is 0.143. The molecule has 1 aromatic heterocycles. The molecule has 8 heteroatoms. The topological polar surface area (TPSA) is 83.8 Å². The first kappa shape index (κ1) is 16.9. The maximum Gasteiger partial charge on any atom is 0.511 e. The number of benzene rings is 1. The molecule has 0 amide bonds. The zero-order chi connectivity index (χ0) is 18.7. The molecule has 2 aliphatic heterocycles. The monoisotopic (exact) mass is 389 g/mol. The Hall–Kier alpha value is -2.25. The van der Waals surface area contributed by atoms with Gasteiger partial charge in [-0.3, -0.25) is 4.79 Å². The zero-order valence-electron chi connectivity index (χ0n) is 14.7. The lowest BCUT2D eigenvalue weighted by Gasteiger charge is -2.23. The average Bonchev–Trinajstić information content (AvgIpc) is 3.24. The van der Waals surface area contributed by atoms with Gasteiger partial charge in [-0.1, -0.05) is 11.6 Å². The molecule has 0 bridgehead atoms. The van der Waals surface area contributed by atoms with Crippen molar-refractivity contribution in [2.75, 3.05) is 24.5 Å². The van der Waals surface area contributed by atoms with Crippen LogP contribution >= 0.6 is 11.6 Å². The van der Waals surface area contributed by atoms with Crippen LogP contribution in [0.5, 0.6) is 5.75 Å². The molecule has 5 rings (SSSR count). The van der Waals surface area contributed by atoms with Crippen LogP contribution in [0.25, 0.3) is 10.9 Å². The number of carboxylic acid groups (broad SMARTS) is 1. The second kappa shape index (κ2) is 6.14. The van der Waals surface area contributed by atoms with Crippen LogP contribution in [-0.2, 0) is 0 Å². The summed E-state index contributed by atoms with van der Waals surface area (Å²) in [5, 5.41) is 13.4. The summed E-state index contributed by atoms with van der Waals surface area (Å²) in [5.74, 6) is 0.458. The molecular formula is C19H20ClN3O4. The molecule has 0 radical (unpaired) electrons. The number of hydrogen-bond donors (Lipinski definition) is 2. The van der Waals surface area contributed by atoms with Crippen LogP contribution in [0.3, 0.4) is 0 Å². The molecule has 3 fully saturated rings. The number of aromatic nitrogens is 1. The van der Waals surface area contributed by atoms with Crippen molar-refractivity contribution in [3.8, 4) is 5.75 Å². The highest BCUT2D eigenvalue weighted by Gasteiger charge is 2.37. The van der Waals surface area contributed by atoms with E-state index in [1.165, 1.54) is 12.6 Å². The van der Waals surface area contributed by atoms with Crippen LogP contribution in [0.15, 0.2) is 23.1 Å². The van der Waals surface area contributed by atoms with E-state index in [1.54, 1.807) is 6.07 Å². The second-order valence-electron chi connectivity index (χ2n) is 7.64. The summed E-state index contributed by atoms with van der Waals surface area (Å²) in [6, 6.07) is 4.33. The van der Waals surface area contributed by atoms with Gasteiger partial charge in [0.05, 0.1) is 27.8 Å². The van der Waals surface area contributed by atoms with Gasteiger partial charge in [0.15, 0.2) is 5.75 Å². The van der Waals surface area contributed by atoms with Gasteiger partial charge in [0.2, 0.25) is 5.43 Å². The number of rotatable bonds is 3. The summed E-state index contributed by atoms with van der Waals surface area (Å²) in [6.45, 7) is 2.93. The van der Waals surface area contributed by atoms with E-state index in [4.69, 9.17) is 21.4 Å². The minimum Gasteiger partial charge on any atom is -0.449 e. The molecule has 27 heavy (non-hydrogen) atoms. The van der Waals surface area contributed by atoms with E-state index in [1.807, 2.05) is 10.6 Å². The highest BCUT2D eigenvalue weighted by atomic mass is 35.5. The summed E-state index contributed by atoms with van der Waals surface area (Å²) >= 11 is 6.81. The summed E-state index contributed by atoms with van der Waals surface area (Å²) < 4.78 is 6.63. The van der Waals surface area contributed by atoms with Gasteiger partial charge in [0.1, 0.15) is 0 Å². The van der Waals surface area contributed by atoms with Crippen LogP contribution < -0.4 is 20.4 Å². The molecule has 2 aromatic rings. The van der Waals surface area contributed by atoms with E-state index in [0.717, 1.165) is 38.2 Å². The van der Waals surface area contributed by atoms with Crippen molar-refractivity contribution in [1.29, 1.82) is 0 Å². The molecule has 2 saturated heterocycles. The third kappa shape index (κ3) is 2.76. The summed E-state index contributed by atoms with van der Waals surface area (Å²) in [6.07, 6.45) is 3.13. The van der Waals surface area contributed by atoms with Gasteiger partial charge in [-0.15, -0.1) is 0 Å². The van der Waals surface area contributed by atoms with Gasteiger partial charge in [0, 0.05) is 25.2 Å². The highest BCUT2D eigenvalue weighted by molar-refractivity contribution is 6.38. The number of anilines is 1. The van der Waals surface area contributed by atoms with E-state index in [2.05, 4.69) is 10.2 Å². The second-order valence-corrected chi connectivity index (χ2v) is 8.02. The number of halogens is 1. The van der Waals surface area contributed by atoms with Crippen LogP contribution in [0.4, 0.5) is 10.5 Å². The Bertz CT molecular complexity index is 989. The fourth-order valence-corrected chi connectivity index (χ4v) is 4.85. The van der Waals surface area contributed by atoms with Gasteiger partial charge in [-0.25, -0.2) is 4.79 Å². The molecule has 1 aromatic carbocycles. The predicted molar refractivity (Wildman–Crippen MR) is 102 cm³/mol. The normalized spacial score (nSPS) is 24.4. The number of carbonyl (C=O) groups is 1. The van der Waals surface area contributed by atoms with Gasteiger partial charge < -0.3 is 24.6 Å². The molecule has 0 spiro atoms. The minimum absolute atomic E-state index is 0.175. The molecule has 3 heterocycles. The predicted octanol–water partition coefficient (Wildman–Crippen LogP) is 2.84. The number of fused-ring (bicyclic) bond motifs is 2. The standard InChI is InChI=1S/C19H20ClN3O4/c20-16-14(22-7-10-5-6-21-13(10)8-22)4-3-12-17(16)23(11-1-2-11)9-15(18(12)24)27-19(25)26/h3-4,9-11,13,21H,1-2,5-8H2,(H,25,26). The number of hydrogen-bond acceptors (Lipinski definition) is 5. The zero-order valence-corrected chi connectivity index (χ0v) is 15.4. The van der Waals surface area contributed by atoms with Gasteiger partial charge in [-0.05, 0) is 43.9 Å². The van der Waals surface area contributed by atoms with E-state index in [0.29, 0.717) is 27.9 Å². The van der Waals surface area contributed by atoms with E-state index in [9.17, 15) is 9.59 Å². The van der Waals surface area contributed by atoms with E-state index in [-0.39, 0.29) is 11.8 Å². The summed E-state index contributed by atoms with van der Waals surface area (Å²) in [5.41, 5.74) is 1.16. The molecule has 7 nitrogen and oxygen atoms in total. The molecule has 142 valence electrons. The van der Waals surface area contributed by atoms with Crippen LogP contribution in [0.1, 0.15) is 25.3 Å². The molecule has 2 atom stereocenters. The third-order valence-corrected chi connectivity index (χ3v) is 6.29. The summed E-state index contributed by atoms with van der Waals surface area (Å²) in [7, 11) is 0. The van der Waals surface area contributed by atoms with Crippen molar-refractivity contribution < 1.29 is 14.6 Å². The van der Waals surface area contributed by atoms with Crippen LogP contribution in [-0.4, -0.2) is 41.5 Å². The van der Waals surface area contributed by atoms with Crippen molar-refractivity contribution in [2.45, 2.75) is 31.3 Å². The Morgan fingerprint density at radius 2 is 2.07 bits per heavy atom. The lowest BCUT2D eigenvalue weighted by atomic mass is 10.1. The van der Waals surface area contributed by atoms with Crippen molar-refractivity contribution in [3.05, 3.63) is 33.6 Å². The lowest BCUT2D eigenvalue weighted by Crippen LogP contribution is -2.30. The Balaban J connectivity index is 1.64. The first-order valence-corrected chi connectivity index (χ1v) is 9.67. The molecule has 1 aliphatic carbocycles. The van der Waals surface area contributed by atoms with Crippen LogP contribution in [0, 0.1) is 5.92 Å². The van der Waals surface area contributed by atoms with Gasteiger partial charge >= 0.3 is 6.16 Å². The minimum atomic E-state index is -1.49. The Labute approximate surface area is 160 Å². The molecule has 2 N–H and O–H groups in total. The molecule has 1 saturated carbocycles. The Kier molecular flexibility index (Phi) is 3.84. The number of nitrogens with one attached hydrogen (secondary N) is 1. The van der Waals surface area contributed by atoms with Crippen molar-refractivity contribution in [2.24, 2.45) is 5.92 Å². The smallest absolute Gasteiger partial charge is 0.449 e. The van der Waals surface area contributed by atoms with Crippen molar-refractivity contribution >= 4 is 34.3 Å². The maximum absolute atomic E-state index is 12.7. The number of ether oxygens (including phenoxy) is 1. The average molecular weight is 390 g/mol. The first-order valence-electron chi connectivity index (χ1n) is 9.29. The highest BCUT2D eigenvalue weighted by Crippen LogP contribution is 2.42. The fraction of sp³-hybridized carbons (Fsp3) is 0.474. The summed E-state index contributed by atoms with van der Waals surface area (Å²) in [4.78, 5) is 25.9. The fourth-order valence-electron chi connectivity index (χ4n) is 4.47. The Morgan fingerprint density at radius 1 is 1.26 bits per heavy atom. The number of pyridine rings is 1. The molecule has 2 unspecified atom stereocenters. The molecular weight excluding hydrogens is 370 g/mol. The molecule has 3 aliphatic rings. The first-order chi connectivity index (χ1) is 13.0. The van der Waals surface area contributed by atoms with Crippen LogP contribution in [0.2, 0.25) is 5.02 Å². The Morgan fingerprint density at radius 3 is 2.78 bits per heavy atom. The van der Waals surface area contributed by atoms with Gasteiger partial charge in [0.25, 0.3) is 0 Å². The van der Waals surface area contributed by atoms with Gasteiger partial charge in [-0.2, -0.15) is 0 Å². The largest absolute Gasteiger partial charge is 0.511 e. The van der Waals surface area contributed by atoms with Crippen molar-refractivity contribution in [3.63, 3.8) is 0 Å². The quantitative estimate of drug-likeness (QED) is 0.785. The van der Waals surface area contributed by atoms with E-state index >= 15 is 0 Å². The third-order valence-electron chi connectivity index (χ3n) is 5.92.